The van der Waals surface area contributed by atoms with Crippen LogP contribution in [-0.4, -0.2) is 33.6 Å². The standard InChI is InChI=1S/C31H37ClFN7O/c1-18(2)4-3-5-19-12-24(28(33)25(32)13-19)27-15-22-17-40(31(41)39-29(22)38-27)23-8-6-21(7-9-23)26-14-20(16-37-26)10-11-36-30(34)35/h6-9,12-13,15,17-18,20,26,37H,3-5,10-11,14,16H2,1-2H3,(H4,34,35,36)(H,38,39,41)/t20?,26-/m1/s1. The second-order valence-corrected chi connectivity index (χ2v) is 11.8. The Morgan fingerprint density at radius 3 is 2.73 bits per heavy atom. The molecule has 1 fully saturated rings. The molecule has 0 aliphatic carbocycles. The number of aryl methyl sites for hydroxylation is 1. The average molecular weight is 578 g/mol. The van der Waals surface area contributed by atoms with Crippen molar-refractivity contribution in [2.75, 3.05) is 13.1 Å². The predicted molar refractivity (Wildman–Crippen MR) is 164 cm³/mol. The SMILES string of the molecule is CC(C)CCCc1cc(Cl)c(F)c(-c2cc3cn(-c4ccc([C@H]5CC(CCN=C(N)N)CN5)cc4)c(=O)nc3[nH]2)c1. The Morgan fingerprint density at radius 1 is 1.22 bits per heavy atom. The van der Waals surface area contributed by atoms with E-state index in [2.05, 4.69) is 34.1 Å². The van der Waals surface area contributed by atoms with E-state index in [9.17, 15) is 4.79 Å². The van der Waals surface area contributed by atoms with Crippen LogP contribution >= 0.6 is 11.6 Å². The molecule has 1 saturated heterocycles. The summed E-state index contributed by atoms with van der Waals surface area (Å²) in [4.78, 5) is 24.4. The molecule has 0 spiro atoms. The van der Waals surface area contributed by atoms with Gasteiger partial charge in [-0.1, -0.05) is 44.0 Å². The third-order valence-corrected chi connectivity index (χ3v) is 8.04. The highest BCUT2D eigenvalue weighted by atomic mass is 35.5. The fourth-order valence-electron chi connectivity index (χ4n) is 5.55. The summed E-state index contributed by atoms with van der Waals surface area (Å²) in [5.74, 6) is 0.741. The number of fused-ring (bicyclic) bond motifs is 1. The van der Waals surface area contributed by atoms with E-state index in [1.807, 2.05) is 36.4 Å². The first-order chi connectivity index (χ1) is 19.7. The van der Waals surface area contributed by atoms with Crippen LogP contribution in [0.25, 0.3) is 28.0 Å². The minimum Gasteiger partial charge on any atom is -0.370 e. The van der Waals surface area contributed by atoms with Crippen LogP contribution < -0.4 is 22.5 Å². The number of hydrogen-bond donors (Lipinski definition) is 4. The number of benzene rings is 2. The van der Waals surface area contributed by atoms with Gasteiger partial charge in [-0.2, -0.15) is 4.98 Å². The lowest BCUT2D eigenvalue weighted by molar-refractivity contribution is 0.527. The molecule has 1 unspecified atom stereocenters. The molecular formula is C31H37ClFN7O. The number of aliphatic imine (C=N–C) groups is 1. The molecular weight excluding hydrogens is 541 g/mol. The number of H-pyrrole nitrogens is 1. The summed E-state index contributed by atoms with van der Waals surface area (Å²) < 4.78 is 16.6. The van der Waals surface area contributed by atoms with Gasteiger partial charge in [0.25, 0.3) is 0 Å². The van der Waals surface area contributed by atoms with Crippen LogP contribution in [0.4, 0.5) is 4.39 Å². The van der Waals surface area contributed by atoms with E-state index >= 15 is 4.39 Å². The minimum atomic E-state index is -0.490. The summed E-state index contributed by atoms with van der Waals surface area (Å²) in [6.45, 7) is 5.91. The lowest BCUT2D eigenvalue weighted by Crippen LogP contribution is -2.23. The van der Waals surface area contributed by atoms with Crippen molar-refractivity contribution in [3.8, 4) is 16.9 Å². The summed E-state index contributed by atoms with van der Waals surface area (Å²) in [6.07, 6.45) is 6.57. The van der Waals surface area contributed by atoms with Gasteiger partial charge in [0.2, 0.25) is 0 Å². The van der Waals surface area contributed by atoms with Crippen LogP contribution in [0.3, 0.4) is 0 Å². The van der Waals surface area contributed by atoms with E-state index in [1.165, 1.54) is 4.57 Å². The third kappa shape index (κ3) is 6.80. The van der Waals surface area contributed by atoms with Crippen LogP contribution in [0.15, 0.2) is 58.4 Å². The minimum absolute atomic E-state index is 0.0881. The number of halogens is 2. The Bertz CT molecular complexity index is 1610. The van der Waals surface area contributed by atoms with Gasteiger partial charge in [-0.15, -0.1) is 0 Å². The van der Waals surface area contributed by atoms with Crippen LogP contribution in [0.1, 0.15) is 56.7 Å². The molecule has 0 saturated carbocycles. The summed E-state index contributed by atoms with van der Waals surface area (Å²) in [6, 6.07) is 13.5. The van der Waals surface area contributed by atoms with Crippen LogP contribution in [0, 0.1) is 17.7 Å². The van der Waals surface area contributed by atoms with E-state index in [0.717, 1.165) is 49.8 Å². The first-order valence-electron chi connectivity index (χ1n) is 14.2. The zero-order chi connectivity index (χ0) is 29.1. The third-order valence-electron chi connectivity index (χ3n) is 7.76. The van der Waals surface area contributed by atoms with Gasteiger partial charge in [-0.25, -0.2) is 9.18 Å². The molecule has 1 aliphatic heterocycles. The van der Waals surface area contributed by atoms with E-state index in [0.29, 0.717) is 46.4 Å². The number of nitrogens with two attached hydrogens (primary N) is 2. The number of guanidine groups is 1. The zero-order valence-electron chi connectivity index (χ0n) is 23.5. The molecule has 4 aromatic rings. The largest absolute Gasteiger partial charge is 0.370 e. The Labute approximate surface area is 244 Å². The maximum absolute atomic E-state index is 15.1. The maximum atomic E-state index is 15.1. The molecule has 216 valence electrons. The number of aromatic amines is 1. The normalized spacial score (nSPS) is 17.0. The van der Waals surface area contributed by atoms with Crippen molar-refractivity contribution in [1.82, 2.24) is 19.9 Å². The molecule has 6 N–H and O–H groups in total. The van der Waals surface area contributed by atoms with Crippen LogP contribution in [-0.2, 0) is 6.42 Å². The zero-order valence-corrected chi connectivity index (χ0v) is 24.2. The van der Waals surface area contributed by atoms with Crippen LogP contribution in [0.5, 0.6) is 0 Å². The van der Waals surface area contributed by atoms with Crippen molar-refractivity contribution in [2.24, 2.45) is 28.3 Å². The van der Waals surface area contributed by atoms with Gasteiger partial charge in [0, 0.05) is 29.7 Å². The fraction of sp³-hybridized carbons (Fsp3) is 0.387. The van der Waals surface area contributed by atoms with Gasteiger partial charge in [0.1, 0.15) is 5.65 Å². The van der Waals surface area contributed by atoms with Crippen molar-refractivity contribution in [1.29, 1.82) is 0 Å². The van der Waals surface area contributed by atoms with Crippen molar-refractivity contribution in [2.45, 2.75) is 52.0 Å². The maximum Gasteiger partial charge on any atom is 0.354 e. The lowest BCUT2D eigenvalue weighted by Gasteiger charge is -2.12. The monoisotopic (exact) mass is 577 g/mol. The van der Waals surface area contributed by atoms with Gasteiger partial charge >= 0.3 is 5.69 Å². The quantitative estimate of drug-likeness (QED) is 0.147. The van der Waals surface area contributed by atoms with Gasteiger partial charge in [-0.05, 0) is 85.5 Å². The number of nitrogens with zero attached hydrogens (tertiary/aromatic N) is 3. The summed E-state index contributed by atoms with van der Waals surface area (Å²) >= 11 is 6.26. The Kier molecular flexibility index (Phi) is 8.75. The van der Waals surface area contributed by atoms with Gasteiger partial charge < -0.3 is 21.8 Å². The topological polar surface area (TPSA) is 127 Å². The summed E-state index contributed by atoms with van der Waals surface area (Å²) in [5.41, 5.74) is 14.6. The lowest BCUT2D eigenvalue weighted by atomic mass is 9.97. The molecule has 5 rings (SSSR count). The van der Waals surface area contributed by atoms with E-state index in [-0.39, 0.29) is 17.0 Å². The van der Waals surface area contributed by atoms with E-state index in [4.69, 9.17) is 23.1 Å². The smallest absolute Gasteiger partial charge is 0.354 e. The predicted octanol–water partition coefficient (Wildman–Crippen LogP) is 5.47. The molecule has 41 heavy (non-hydrogen) atoms. The highest BCUT2D eigenvalue weighted by molar-refractivity contribution is 6.31. The molecule has 1 aliphatic rings. The Hall–Kier alpha value is -3.69. The molecule has 2 atom stereocenters. The average Bonchev–Trinajstić information content (AvgIpc) is 3.57. The second-order valence-electron chi connectivity index (χ2n) is 11.4. The Balaban J connectivity index is 1.35. The van der Waals surface area contributed by atoms with Gasteiger partial charge in [-0.3, -0.25) is 9.56 Å². The first-order valence-corrected chi connectivity index (χ1v) is 14.6. The van der Waals surface area contributed by atoms with E-state index in [1.54, 1.807) is 12.3 Å². The highest BCUT2D eigenvalue weighted by Gasteiger charge is 2.25. The summed E-state index contributed by atoms with van der Waals surface area (Å²) in [7, 11) is 0. The molecule has 0 bridgehead atoms. The number of aromatic nitrogens is 3. The second kappa shape index (κ2) is 12.4. The summed E-state index contributed by atoms with van der Waals surface area (Å²) in [5, 5.41) is 4.35. The fourth-order valence-corrected chi connectivity index (χ4v) is 5.79. The van der Waals surface area contributed by atoms with Crippen molar-refractivity contribution < 1.29 is 4.39 Å². The van der Waals surface area contributed by atoms with Gasteiger partial charge in [0.05, 0.1) is 16.4 Å². The molecule has 8 nitrogen and oxygen atoms in total. The van der Waals surface area contributed by atoms with Gasteiger partial charge in [0.15, 0.2) is 11.8 Å². The van der Waals surface area contributed by atoms with Crippen LogP contribution in [0.2, 0.25) is 5.02 Å². The van der Waals surface area contributed by atoms with Crippen molar-refractivity contribution in [3.05, 3.63) is 81.1 Å². The number of hydrogen-bond acceptors (Lipinski definition) is 4. The molecule has 2 aromatic heterocycles. The molecule has 3 heterocycles. The van der Waals surface area contributed by atoms with Crippen molar-refractivity contribution >= 4 is 28.6 Å². The van der Waals surface area contributed by atoms with E-state index < -0.39 is 11.5 Å². The number of rotatable bonds is 10. The first kappa shape index (κ1) is 28.8. The Morgan fingerprint density at radius 2 is 2.00 bits per heavy atom. The molecule has 10 heteroatoms. The molecule has 0 amide bonds. The molecule has 0 radical (unpaired) electrons. The number of nitrogens with one attached hydrogen (secondary N) is 2. The highest BCUT2D eigenvalue weighted by Crippen LogP contribution is 2.32. The van der Waals surface area contributed by atoms with Crippen molar-refractivity contribution in [3.63, 3.8) is 0 Å². The molecule has 2 aromatic carbocycles.